The molecule has 120 valence electrons. The van der Waals surface area contributed by atoms with Gasteiger partial charge in [0.15, 0.2) is 0 Å². The van der Waals surface area contributed by atoms with E-state index in [1.165, 1.54) is 0 Å². The summed E-state index contributed by atoms with van der Waals surface area (Å²) in [4.78, 5) is 26.1. The lowest BCUT2D eigenvalue weighted by molar-refractivity contribution is -0.127. The van der Waals surface area contributed by atoms with Crippen molar-refractivity contribution in [3.8, 4) is 0 Å². The van der Waals surface area contributed by atoms with Gasteiger partial charge in [0.1, 0.15) is 5.54 Å². The fraction of sp³-hybridized carbons (Fsp3) is 0.867. The highest BCUT2D eigenvalue weighted by Crippen LogP contribution is 2.36. The first-order valence-electron chi connectivity index (χ1n) is 7.90. The maximum absolute atomic E-state index is 12.3. The predicted octanol–water partition coefficient (Wildman–Crippen LogP) is 1.68. The third kappa shape index (κ3) is 3.74. The third-order valence-corrected chi connectivity index (χ3v) is 4.44. The molecule has 1 heterocycles. The van der Waals surface area contributed by atoms with Crippen molar-refractivity contribution < 1.29 is 19.1 Å². The van der Waals surface area contributed by atoms with Crippen molar-refractivity contribution >= 4 is 11.9 Å². The Labute approximate surface area is 126 Å². The molecule has 0 radical (unpaired) electrons. The van der Waals surface area contributed by atoms with Gasteiger partial charge in [-0.05, 0) is 19.3 Å². The summed E-state index contributed by atoms with van der Waals surface area (Å²) in [7, 11) is 1.64. The Morgan fingerprint density at radius 3 is 2.48 bits per heavy atom. The average molecular weight is 298 g/mol. The molecule has 2 fully saturated rings. The summed E-state index contributed by atoms with van der Waals surface area (Å²) in [6, 6.07) is -0.237. The van der Waals surface area contributed by atoms with E-state index in [0.29, 0.717) is 26.4 Å². The molecule has 3 amide bonds. The van der Waals surface area contributed by atoms with E-state index in [0.717, 1.165) is 44.9 Å². The van der Waals surface area contributed by atoms with E-state index in [2.05, 4.69) is 5.32 Å². The predicted molar refractivity (Wildman–Crippen MR) is 78.0 cm³/mol. The highest BCUT2D eigenvalue weighted by atomic mass is 16.5. The molecule has 2 aliphatic rings. The Morgan fingerprint density at radius 1 is 1.10 bits per heavy atom. The van der Waals surface area contributed by atoms with Crippen LogP contribution >= 0.6 is 0 Å². The molecule has 1 aliphatic carbocycles. The summed E-state index contributed by atoms with van der Waals surface area (Å²) < 4.78 is 10.3. The second-order valence-electron chi connectivity index (χ2n) is 5.82. The molecule has 0 bridgehead atoms. The van der Waals surface area contributed by atoms with Crippen molar-refractivity contribution in [3.05, 3.63) is 0 Å². The summed E-state index contributed by atoms with van der Waals surface area (Å²) in [6.07, 6.45) is 6.65. The Kier molecular flexibility index (Phi) is 5.99. The van der Waals surface area contributed by atoms with Crippen molar-refractivity contribution in [3.63, 3.8) is 0 Å². The highest BCUT2D eigenvalue weighted by Gasteiger charge is 2.51. The first-order valence-corrected chi connectivity index (χ1v) is 7.90. The van der Waals surface area contributed by atoms with Crippen molar-refractivity contribution in [1.82, 2.24) is 10.2 Å². The zero-order valence-corrected chi connectivity index (χ0v) is 12.9. The van der Waals surface area contributed by atoms with Gasteiger partial charge < -0.3 is 14.4 Å². The van der Waals surface area contributed by atoms with E-state index in [4.69, 9.17) is 9.47 Å². The molecule has 1 spiro atoms. The minimum atomic E-state index is -0.597. The first kappa shape index (κ1) is 16.2. The normalized spacial score (nSPS) is 21.7. The van der Waals surface area contributed by atoms with Gasteiger partial charge in [-0.2, -0.15) is 0 Å². The number of carbonyl (C=O) groups excluding carboxylic acids is 2. The van der Waals surface area contributed by atoms with E-state index < -0.39 is 5.54 Å². The van der Waals surface area contributed by atoms with Crippen molar-refractivity contribution in [2.75, 3.05) is 33.5 Å². The van der Waals surface area contributed by atoms with Crippen LogP contribution in [0, 0.1) is 0 Å². The maximum Gasteiger partial charge on any atom is 0.325 e. The number of hydrogen-bond acceptors (Lipinski definition) is 4. The second-order valence-corrected chi connectivity index (χ2v) is 5.82. The van der Waals surface area contributed by atoms with Crippen molar-refractivity contribution in [2.45, 2.75) is 50.5 Å². The number of methoxy groups -OCH3 is 1. The summed E-state index contributed by atoms with van der Waals surface area (Å²) in [5, 5.41) is 2.50. The van der Waals surface area contributed by atoms with Gasteiger partial charge in [-0.1, -0.05) is 25.7 Å². The van der Waals surface area contributed by atoms with Gasteiger partial charge in [0.2, 0.25) is 0 Å². The Morgan fingerprint density at radius 2 is 1.81 bits per heavy atom. The van der Waals surface area contributed by atoms with Crippen LogP contribution in [0.3, 0.4) is 0 Å². The van der Waals surface area contributed by atoms with Gasteiger partial charge in [0.05, 0.1) is 13.2 Å². The number of imide groups is 1. The summed E-state index contributed by atoms with van der Waals surface area (Å²) in [6.45, 7) is 2.29. The molecular weight excluding hydrogens is 272 g/mol. The van der Waals surface area contributed by atoms with Crippen molar-refractivity contribution in [1.29, 1.82) is 0 Å². The van der Waals surface area contributed by atoms with Crippen LogP contribution in [0.1, 0.15) is 44.9 Å². The molecular formula is C15H26N2O4. The smallest absolute Gasteiger partial charge is 0.325 e. The highest BCUT2D eigenvalue weighted by molar-refractivity contribution is 6.07. The van der Waals surface area contributed by atoms with Gasteiger partial charge in [-0.3, -0.25) is 10.1 Å². The largest absolute Gasteiger partial charge is 0.382 e. The van der Waals surface area contributed by atoms with Crippen LogP contribution in [0.15, 0.2) is 0 Å². The molecule has 1 aliphatic heterocycles. The molecule has 0 aromatic heterocycles. The number of ether oxygens (including phenoxy) is 2. The molecule has 1 saturated heterocycles. The van der Waals surface area contributed by atoms with Crippen LogP contribution in [0.25, 0.3) is 0 Å². The molecule has 0 atom stereocenters. The van der Waals surface area contributed by atoms with Crippen molar-refractivity contribution in [2.24, 2.45) is 0 Å². The number of urea groups is 1. The fourth-order valence-electron chi connectivity index (χ4n) is 3.29. The molecule has 6 heteroatoms. The monoisotopic (exact) mass is 298 g/mol. The number of rotatable bonds is 7. The van der Waals surface area contributed by atoms with Crippen LogP contribution in [-0.2, 0) is 14.3 Å². The quantitative estimate of drug-likeness (QED) is 0.573. The topological polar surface area (TPSA) is 67.9 Å². The molecule has 0 unspecified atom stereocenters. The Balaban J connectivity index is 1.88. The van der Waals surface area contributed by atoms with Crippen LogP contribution in [-0.4, -0.2) is 55.9 Å². The van der Waals surface area contributed by atoms with Crippen LogP contribution in [0.2, 0.25) is 0 Å². The zero-order valence-electron chi connectivity index (χ0n) is 12.9. The number of nitrogens with one attached hydrogen (secondary N) is 1. The second kappa shape index (κ2) is 7.75. The van der Waals surface area contributed by atoms with E-state index >= 15 is 0 Å². The average Bonchev–Trinajstić information content (AvgIpc) is 2.65. The van der Waals surface area contributed by atoms with E-state index in [1.807, 2.05) is 0 Å². The Hall–Kier alpha value is -1.14. The summed E-state index contributed by atoms with van der Waals surface area (Å²) in [5.74, 6) is -0.102. The molecule has 2 rings (SSSR count). The zero-order chi connectivity index (χ0) is 15.1. The minimum absolute atomic E-state index is 0.102. The molecule has 6 nitrogen and oxygen atoms in total. The lowest BCUT2D eigenvalue weighted by Crippen LogP contribution is -2.49. The van der Waals surface area contributed by atoms with Gasteiger partial charge in [-0.15, -0.1) is 0 Å². The van der Waals surface area contributed by atoms with Gasteiger partial charge in [0, 0.05) is 20.3 Å². The molecule has 1 saturated carbocycles. The van der Waals surface area contributed by atoms with Gasteiger partial charge in [-0.25, -0.2) is 4.79 Å². The van der Waals surface area contributed by atoms with Gasteiger partial charge in [0.25, 0.3) is 5.91 Å². The van der Waals surface area contributed by atoms with E-state index in [1.54, 1.807) is 12.0 Å². The molecule has 0 aromatic rings. The molecule has 1 N–H and O–H groups in total. The van der Waals surface area contributed by atoms with Crippen LogP contribution < -0.4 is 5.32 Å². The third-order valence-electron chi connectivity index (χ3n) is 4.44. The van der Waals surface area contributed by atoms with E-state index in [9.17, 15) is 9.59 Å². The van der Waals surface area contributed by atoms with Crippen LogP contribution in [0.4, 0.5) is 4.79 Å². The first-order chi connectivity index (χ1) is 10.2. The fourth-order valence-corrected chi connectivity index (χ4v) is 3.29. The summed E-state index contributed by atoms with van der Waals surface area (Å²) >= 11 is 0. The maximum atomic E-state index is 12.3. The number of amides is 3. The molecule has 21 heavy (non-hydrogen) atoms. The molecule has 0 aromatic carbocycles. The SMILES string of the molecule is COCCOCCCN1C(=O)NC(=O)C12CCCCCC2. The minimum Gasteiger partial charge on any atom is -0.382 e. The number of nitrogens with zero attached hydrogens (tertiary/aromatic N) is 1. The van der Waals surface area contributed by atoms with E-state index in [-0.39, 0.29) is 11.9 Å². The number of carbonyl (C=O) groups is 2. The van der Waals surface area contributed by atoms with Gasteiger partial charge >= 0.3 is 6.03 Å². The van der Waals surface area contributed by atoms with Crippen LogP contribution in [0.5, 0.6) is 0 Å². The number of hydrogen-bond donors (Lipinski definition) is 1. The lowest BCUT2D eigenvalue weighted by Gasteiger charge is -2.34. The summed E-state index contributed by atoms with van der Waals surface area (Å²) in [5.41, 5.74) is -0.597. The lowest BCUT2D eigenvalue weighted by atomic mass is 9.88. The standard InChI is InChI=1S/C15H26N2O4/c1-20-11-12-21-10-6-9-17-14(19)16-13(18)15(17)7-4-2-3-5-8-15/h2-12H2,1H3,(H,16,18,19). The Bertz CT molecular complexity index is 365.